The quantitative estimate of drug-likeness (QED) is 0.175. The number of nitriles is 1. The summed E-state index contributed by atoms with van der Waals surface area (Å²) >= 11 is 1.72. The van der Waals surface area contributed by atoms with Gasteiger partial charge in [-0.25, -0.2) is 24.9 Å². The minimum atomic E-state index is 0.454. The second-order valence-electron chi connectivity index (χ2n) is 12.0. The van der Waals surface area contributed by atoms with Gasteiger partial charge in [-0.15, -0.1) is 11.3 Å². The molecule has 9 aromatic rings. The number of nitrogens with zero attached hydrogens (tertiary/aromatic N) is 6. The molecule has 9 rings (SSSR count). The maximum Gasteiger partial charge on any atom is 0.164 e. The normalized spacial score (nSPS) is 11.1. The summed E-state index contributed by atoms with van der Waals surface area (Å²) in [6.45, 7) is 0. The van der Waals surface area contributed by atoms with E-state index in [1.165, 1.54) is 0 Å². The summed E-state index contributed by atoms with van der Waals surface area (Å²) in [5.74, 6) is 2.45. The Morgan fingerprint density at radius 1 is 0.373 bits per heavy atom. The molecule has 6 nitrogen and oxygen atoms in total. The highest BCUT2D eigenvalue weighted by Gasteiger charge is 2.19. The first kappa shape index (κ1) is 30.2. The van der Waals surface area contributed by atoms with E-state index in [0.717, 1.165) is 53.6 Å². The van der Waals surface area contributed by atoms with Crippen molar-refractivity contribution >= 4 is 31.5 Å². The van der Waals surface area contributed by atoms with Gasteiger partial charge in [0.2, 0.25) is 0 Å². The summed E-state index contributed by atoms with van der Waals surface area (Å²) in [6.07, 6.45) is 0. The first-order valence-electron chi connectivity index (χ1n) is 16.5. The molecule has 7 heteroatoms. The number of thiophene rings is 1. The zero-order valence-corrected chi connectivity index (χ0v) is 27.9. The van der Waals surface area contributed by atoms with Gasteiger partial charge in [0.1, 0.15) is 11.6 Å². The van der Waals surface area contributed by atoms with Crippen molar-refractivity contribution in [3.05, 3.63) is 163 Å². The minimum Gasteiger partial charge on any atom is -0.227 e. The number of rotatable bonds is 6. The van der Waals surface area contributed by atoms with Gasteiger partial charge in [0.15, 0.2) is 23.3 Å². The first-order valence-corrected chi connectivity index (χ1v) is 17.3. The number of hydrogen-bond acceptors (Lipinski definition) is 7. The third-order valence-corrected chi connectivity index (χ3v) is 9.94. The third-order valence-electron chi connectivity index (χ3n) is 8.80. The maximum absolute atomic E-state index is 10.3. The van der Waals surface area contributed by atoms with Gasteiger partial charge in [-0.2, -0.15) is 5.26 Å². The largest absolute Gasteiger partial charge is 0.227 e. The predicted molar refractivity (Wildman–Crippen MR) is 206 cm³/mol. The van der Waals surface area contributed by atoms with Crippen LogP contribution in [-0.2, 0) is 0 Å². The fourth-order valence-electron chi connectivity index (χ4n) is 6.30. The SMILES string of the molecule is N#Cc1c(-c2ccccc2)nc(-c2ccc3c(c2)sc2ccc(-c4nc(-c5ccccc5)nc(-c5ccccc5)n4)cc23)nc1-c1ccccc1. The average Bonchev–Trinajstić information content (AvgIpc) is 3.58. The van der Waals surface area contributed by atoms with Gasteiger partial charge in [-0.3, -0.25) is 0 Å². The van der Waals surface area contributed by atoms with E-state index in [1.54, 1.807) is 11.3 Å². The van der Waals surface area contributed by atoms with E-state index in [4.69, 9.17) is 24.9 Å². The lowest BCUT2D eigenvalue weighted by Gasteiger charge is -2.12. The summed E-state index contributed by atoms with van der Waals surface area (Å²) in [6, 6.07) is 54.8. The van der Waals surface area contributed by atoms with Crippen molar-refractivity contribution in [2.75, 3.05) is 0 Å². The van der Waals surface area contributed by atoms with Crippen molar-refractivity contribution in [3.63, 3.8) is 0 Å². The van der Waals surface area contributed by atoms with Crippen LogP contribution in [0.3, 0.4) is 0 Å². The Labute approximate surface area is 298 Å². The minimum absolute atomic E-state index is 0.454. The van der Waals surface area contributed by atoms with Crippen LogP contribution in [0.5, 0.6) is 0 Å². The van der Waals surface area contributed by atoms with Crippen LogP contribution in [-0.4, -0.2) is 24.9 Å². The Kier molecular flexibility index (Phi) is 7.62. The van der Waals surface area contributed by atoms with Crippen molar-refractivity contribution < 1.29 is 0 Å². The van der Waals surface area contributed by atoms with E-state index < -0.39 is 0 Å². The molecule has 51 heavy (non-hydrogen) atoms. The molecule has 0 amide bonds. The van der Waals surface area contributed by atoms with Gasteiger partial charge in [-0.1, -0.05) is 133 Å². The average molecular weight is 671 g/mol. The second-order valence-corrected chi connectivity index (χ2v) is 13.1. The Morgan fingerprint density at radius 2 is 0.804 bits per heavy atom. The molecule has 0 aliphatic carbocycles. The van der Waals surface area contributed by atoms with Gasteiger partial charge in [0, 0.05) is 53.6 Å². The van der Waals surface area contributed by atoms with Crippen molar-refractivity contribution in [3.8, 4) is 74.1 Å². The van der Waals surface area contributed by atoms with Crippen LogP contribution in [0.1, 0.15) is 5.56 Å². The Hall–Kier alpha value is -6.88. The van der Waals surface area contributed by atoms with Crippen molar-refractivity contribution in [1.29, 1.82) is 5.26 Å². The summed E-state index contributed by atoms with van der Waals surface area (Å²) in [5, 5.41) is 12.6. The molecule has 0 aliphatic rings. The molecular formula is C44H26N6S. The van der Waals surface area contributed by atoms with Crippen LogP contribution in [0.25, 0.3) is 88.2 Å². The van der Waals surface area contributed by atoms with Gasteiger partial charge in [0.25, 0.3) is 0 Å². The number of benzene rings is 6. The lowest BCUT2D eigenvalue weighted by atomic mass is 10.00. The Balaban J connectivity index is 1.17. The lowest BCUT2D eigenvalue weighted by Crippen LogP contribution is -2.01. The van der Waals surface area contributed by atoms with E-state index >= 15 is 0 Å². The van der Waals surface area contributed by atoms with Gasteiger partial charge >= 0.3 is 0 Å². The highest BCUT2D eigenvalue weighted by molar-refractivity contribution is 7.25. The molecule has 0 aliphatic heterocycles. The Bertz CT molecular complexity index is 2620. The molecule has 6 aromatic carbocycles. The second kappa shape index (κ2) is 12.9. The summed E-state index contributed by atoms with van der Waals surface area (Å²) in [7, 11) is 0. The molecule has 3 heterocycles. The zero-order chi connectivity index (χ0) is 34.1. The summed E-state index contributed by atoms with van der Waals surface area (Å²) in [5.41, 5.74) is 7.09. The van der Waals surface area contributed by atoms with Crippen LogP contribution in [0.15, 0.2) is 158 Å². The molecule has 0 radical (unpaired) electrons. The number of aromatic nitrogens is 5. The van der Waals surface area contributed by atoms with Gasteiger partial charge in [0.05, 0.1) is 11.4 Å². The first-order chi connectivity index (χ1) is 25.2. The molecular weight excluding hydrogens is 645 g/mol. The van der Waals surface area contributed by atoms with E-state index in [2.05, 4.69) is 42.5 Å². The van der Waals surface area contributed by atoms with E-state index in [9.17, 15) is 5.26 Å². The molecule has 238 valence electrons. The summed E-state index contributed by atoms with van der Waals surface area (Å²) < 4.78 is 2.27. The standard InChI is InChI=1S/C44H26N6S/c45-27-36-39(28-13-5-1-6-14-28)46-43(47-40(36)29-15-7-2-8-16-29)33-21-23-34-35-25-32(22-24-37(35)51-38(34)26-33)44-49-41(30-17-9-3-10-18-30)48-42(50-44)31-19-11-4-12-20-31/h1-26H. The van der Waals surface area contributed by atoms with Crippen molar-refractivity contribution in [1.82, 2.24) is 24.9 Å². The molecule has 0 saturated heterocycles. The smallest absolute Gasteiger partial charge is 0.164 e. The van der Waals surface area contributed by atoms with Gasteiger partial charge in [-0.05, 0) is 24.3 Å². The lowest BCUT2D eigenvalue weighted by molar-refractivity contribution is 1.07. The third kappa shape index (κ3) is 5.70. The molecule has 0 N–H and O–H groups in total. The molecule has 0 spiro atoms. The van der Waals surface area contributed by atoms with Crippen LogP contribution >= 0.6 is 11.3 Å². The van der Waals surface area contributed by atoms with Crippen LogP contribution in [0.4, 0.5) is 0 Å². The van der Waals surface area contributed by atoms with Crippen molar-refractivity contribution in [2.45, 2.75) is 0 Å². The molecule has 3 aromatic heterocycles. The monoisotopic (exact) mass is 670 g/mol. The maximum atomic E-state index is 10.3. The number of hydrogen-bond donors (Lipinski definition) is 0. The highest BCUT2D eigenvalue weighted by Crippen LogP contribution is 2.39. The van der Waals surface area contributed by atoms with Crippen LogP contribution in [0, 0.1) is 11.3 Å². The zero-order valence-electron chi connectivity index (χ0n) is 27.1. The molecule has 0 fully saturated rings. The summed E-state index contributed by atoms with van der Waals surface area (Å²) in [4.78, 5) is 24.7. The molecule has 0 bridgehead atoms. The van der Waals surface area contributed by atoms with Crippen LogP contribution < -0.4 is 0 Å². The highest BCUT2D eigenvalue weighted by atomic mass is 32.1. The van der Waals surface area contributed by atoms with E-state index in [-0.39, 0.29) is 0 Å². The fourth-order valence-corrected chi connectivity index (χ4v) is 7.42. The van der Waals surface area contributed by atoms with E-state index in [0.29, 0.717) is 40.2 Å². The van der Waals surface area contributed by atoms with Gasteiger partial charge < -0.3 is 0 Å². The number of fused-ring (bicyclic) bond motifs is 3. The topological polar surface area (TPSA) is 88.2 Å². The molecule has 0 saturated carbocycles. The molecule has 0 unspecified atom stereocenters. The van der Waals surface area contributed by atoms with Crippen molar-refractivity contribution in [2.24, 2.45) is 0 Å². The van der Waals surface area contributed by atoms with E-state index in [1.807, 2.05) is 121 Å². The Morgan fingerprint density at radius 3 is 1.31 bits per heavy atom. The van der Waals surface area contributed by atoms with Crippen LogP contribution in [0.2, 0.25) is 0 Å². The predicted octanol–water partition coefficient (Wildman–Crippen LogP) is 10.9. The fraction of sp³-hybridized carbons (Fsp3) is 0. The molecule has 0 atom stereocenters.